The van der Waals surface area contributed by atoms with Gasteiger partial charge in [-0.3, -0.25) is 4.68 Å². The summed E-state index contributed by atoms with van der Waals surface area (Å²) in [4.78, 5) is 15.8. The molecule has 5 aromatic heterocycles. The minimum Gasteiger partial charge on any atom is -0.497 e. The molecule has 0 aromatic carbocycles. The van der Waals surface area contributed by atoms with E-state index in [9.17, 15) is 0 Å². The van der Waals surface area contributed by atoms with Gasteiger partial charge in [-0.25, -0.2) is 19.5 Å². The molecule has 162 valence electrons. The summed E-state index contributed by atoms with van der Waals surface area (Å²) < 4.78 is 10.9. The van der Waals surface area contributed by atoms with E-state index in [2.05, 4.69) is 22.0 Å². The van der Waals surface area contributed by atoms with Gasteiger partial charge < -0.3 is 14.2 Å². The van der Waals surface area contributed by atoms with Crippen LogP contribution in [0.3, 0.4) is 0 Å². The number of hydrogen-bond acceptors (Lipinski definition) is 7. The van der Waals surface area contributed by atoms with E-state index >= 15 is 0 Å². The van der Waals surface area contributed by atoms with Crippen LogP contribution in [0.4, 0.5) is 11.6 Å². The van der Waals surface area contributed by atoms with E-state index in [-0.39, 0.29) is 0 Å². The van der Waals surface area contributed by atoms with Crippen LogP contribution in [-0.2, 0) is 14.1 Å². The largest absolute Gasteiger partial charge is 0.497 e. The Morgan fingerprint density at radius 2 is 1.88 bits per heavy atom. The number of ether oxygens (including phenoxy) is 1. The molecule has 0 saturated heterocycles. The Bertz CT molecular complexity index is 1430. The Kier molecular flexibility index (Phi) is 4.62. The molecule has 0 aliphatic rings. The van der Waals surface area contributed by atoms with Gasteiger partial charge in [0.1, 0.15) is 17.1 Å². The van der Waals surface area contributed by atoms with Crippen LogP contribution in [0, 0.1) is 6.92 Å². The second-order valence-electron chi connectivity index (χ2n) is 7.57. The fourth-order valence-corrected chi connectivity index (χ4v) is 3.75. The molecule has 0 fully saturated rings. The number of nitrogens with zero attached hydrogens (tertiary/aromatic N) is 9. The third kappa shape index (κ3) is 3.16. The molecule has 5 aromatic rings. The van der Waals surface area contributed by atoms with Crippen LogP contribution in [0.5, 0.6) is 5.75 Å². The zero-order valence-electron chi connectivity index (χ0n) is 18.6. The number of methoxy groups -OCH3 is 1. The Labute approximate surface area is 184 Å². The smallest absolute Gasteiger partial charge is 0.218 e. The number of imidazole rings is 1. The van der Waals surface area contributed by atoms with Gasteiger partial charge in [-0.15, -0.1) is 5.10 Å². The molecule has 0 unspecified atom stereocenters. The van der Waals surface area contributed by atoms with Gasteiger partial charge in [0.2, 0.25) is 5.82 Å². The predicted molar refractivity (Wildman–Crippen MR) is 121 cm³/mol. The average Bonchev–Trinajstić information content (AvgIpc) is 3.51. The third-order valence-electron chi connectivity index (χ3n) is 5.49. The maximum absolute atomic E-state index is 5.39. The van der Waals surface area contributed by atoms with Crippen LogP contribution in [0.2, 0.25) is 0 Å². The summed E-state index contributed by atoms with van der Waals surface area (Å²) in [7, 11) is 7.39. The van der Waals surface area contributed by atoms with Crippen molar-refractivity contribution in [1.29, 1.82) is 0 Å². The molecule has 0 atom stereocenters. The molecule has 10 nitrogen and oxygen atoms in total. The standard InChI is InChI=1S/C22H23N9O/c1-14-16(17-7-10-29(3)26-17)13-31-19(14)21(25-20(27-31)22-24-9-11-28(22)2)30(4)18-12-15(32-5)6-8-23-18/h6-13H,1-5H3. The van der Waals surface area contributed by atoms with Gasteiger partial charge in [0.25, 0.3) is 0 Å². The van der Waals surface area contributed by atoms with Crippen molar-refractivity contribution in [1.82, 2.24) is 38.9 Å². The highest BCUT2D eigenvalue weighted by Gasteiger charge is 2.22. The van der Waals surface area contributed by atoms with E-state index in [1.807, 2.05) is 71.9 Å². The van der Waals surface area contributed by atoms with Crippen LogP contribution >= 0.6 is 0 Å². The van der Waals surface area contributed by atoms with Crippen LogP contribution in [0.1, 0.15) is 5.56 Å². The molecule has 0 saturated carbocycles. The molecule has 0 spiro atoms. The van der Waals surface area contributed by atoms with E-state index in [4.69, 9.17) is 14.8 Å². The fraction of sp³-hybridized carbons (Fsp3) is 0.227. The van der Waals surface area contributed by atoms with E-state index in [1.54, 1.807) is 24.2 Å². The second-order valence-corrected chi connectivity index (χ2v) is 7.57. The molecule has 0 radical (unpaired) electrons. The molecule has 10 heteroatoms. The van der Waals surface area contributed by atoms with Crippen molar-refractivity contribution in [3.8, 4) is 28.7 Å². The molecular formula is C22H23N9O. The highest BCUT2D eigenvalue weighted by molar-refractivity contribution is 5.84. The molecule has 0 bridgehead atoms. The summed E-state index contributed by atoms with van der Waals surface area (Å²) in [5.41, 5.74) is 3.77. The quantitative estimate of drug-likeness (QED) is 0.424. The zero-order chi connectivity index (χ0) is 22.4. The topological polar surface area (TPSA) is 91.2 Å². The first-order valence-corrected chi connectivity index (χ1v) is 10.1. The Morgan fingerprint density at radius 3 is 2.56 bits per heavy atom. The summed E-state index contributed by atoms with van der Waals surface area (Å²) >= 11 is 0. The number of anilines is 2. The van der Waals surface area contributed by atoms with Gasteiger partial charge in [0.05, 0.1) is 12.8 Å². The number of pyridine rings is 1. The van der Waals surface area contributed by atoms with Crippen molar-refractivity contribution in [3.05, 3.63) is 54.7 Å². The first-order valence-electron chi connectivity index (χ1n) is 10.1. The fourth-order valence-electron chi connectivity index (χ4n) is 3.75. The van der Waals surface area contributed by atoms with Gasteiger partial charge >= 0.3 is 0 Å². The number of aryl methyl sites for hydroxylation is 3. The molecule has 0 aliphatic carbocycles. The van der Waals surface area contributed by atoms with E-state index in [1.165, 1.54) is 0 Å². The normalized spacial score (nSPS) is 11.3. The van der Waals surface area contributed by atoms with E-state index in [0.717, 1.165) is 28.1 Å². The SMILES string of the molecule is COc1ccnc(N(C)c2nc(-c3nccn3C)nn3cc(-c4ccn(C)n4)c(C)c23)c1. The molecule has 5 rings (SSSR count). The molecular weight excluding hydrogens is 406 g/mol. The average molecular weight is 429 g/mol. The van der Waals surface area contributed by atoms with E-state index in [0.29, 0.717) is 23.3 Å². The van der Waals surface area contributed by atoms with Gasteiger partial charge in [0.15, 0.2) is 11.6 Å². The van der Waals surface area contributed by atoms with Crippen molar-refractivity contribution in [3.63, 3.8) is 0 Å². The van der Waals surface area contributed by atoms with Gasteiger partial charge in [-0.2, -0.15) is 5.10 Å². The van der Waals surface area contributed by atoms with Crippen molar-refractivity contribution in [2.75, 3.05) is 19.1 Å². The lowest BCUT2D eigenvalue weighted by Gasteiger charge is -2.20. The summed E-state index contributed by atoms with van der Waals surface area (Å²) in [6, 6.07) is 5.67. The number of aromatic nitrogens is 8. The Hall–Kier alpha value is -4.21. The number of rotatable bonds is 5. The monoisotopic (exact) mass is 429 g/mol. The predicted octanol–water partition coefficient (Wildman–Crippen LogP) is 3.01. The van der Waals surface area contributed by atoms with Gasteiger partial charge in [-0.05, 0) is 24.6 Å². The van der Waals surface area contributed by atoms with Crippen molar-refractivity contribution in [2.24, 2.45) is 14.1 Å². The third-order valence-corrected chi connectivity index (χ3v) is 5.49. The van der Waals surface area contributed by atoms with Crippen LogP contribution in [0.15, 0.2) is 49.2 Å². The molecule has 5 heterocycles. The lowest BCUT2D eigenvalue weighted by atomic mass is 10.1. The van der Waals surface area contributed by atoms with Crippen LogP contribution < -0.4 is 9.64 Å². The van der Waals surface area contributed by atoms with Gasteiger partial charge in [0, 0.05) is 63.8 Å². The lowest BCUT2D eigenvalue weighted by Crippen LogP contribution is -2.16. The maximum atomic E-state index is 5.39. The summed E-state index contributed by atoms with van der Waals surface area (Å²) in [6.45, 7) is 2.06. The van der Waals surface area contributed by atoms with Crippen molar-refractivity contribution in [2.45, 2.75) is 6.92 Å². The highest BCUT2D eigenvalue weighted by atomic mass is 16.5. The summed E-state index contributed by atoms with van der Waals surface area (Å²) in [6.07, 6.45) is 9.23. The first kappa shape index (κ1) is 19.7. The second kappa shape index (κ2) is 7.49. The first-order chi connectivity index (χ1) is 15.5. The van der Waals surface area contributed by atoms with Gasteiger partial charge in [-0.1, -0.05) is 0 Å². The highest BCUT2D eigenvalue weighted by Crippen LogP contribution is 2.34. The molecule has 0 N–H and O–H groups in total. The Morgan fingerprint density at radius 1 is 1.03 bits per heavy atom. The van der Waals surface area contributed by atoms with Crippen LogP contribution in [-0.4, -0.2) is 53.1 Å². The lowest BCUT2D eigenvalue weighted by molar-refractivity contribution is 0.414. The van der Waals surface area contributed by atoms with Crippen molar-refractivity contribution < 1.29 is 4.74 Å². The summed E-state index contributed by atoms with van der Waals surface area (Å²) in [5.74, 6) is 3.31. The molecule has 0 amide bonds. The van der Waals surface area contributed by atoms with E-state index < -0.39 is 0 Å². The number of hydrogen-bond donors (Lipinski definition) is 0. The van der Waals surface area contributed by atoms with Crippen LogP contribution in [0.25, 0.3) is 28.4 Å². The minimum atomic E-state index is 0.511. The number of fused-ring (bicyclic) bond motifs is 1. The molecule has 32 heavy (non-hydrogen) atoms. The zero-order valence-corrected chi connectivity index (χ0v) is 18.6. The summed E-state index contributed by atoms with van der Waals surface area (Å²) in [5, 5.41) is 9.35. The maximum Gasteiger partial charge on any atom is 0.218 e. The van der Waals surface area contributed by atoms with Crippen molar-refractivity contribution >= 4 is 17.2 Å². The molecule has 0 aliphatic heterocycles. The minimum absolute atomic E-state index is 0.511. The Balaban J connectivity index is 1.76.